The van der Waals surface area contributed by atoms with Crippen LogP contribution in [-0.2, 0) is 0 Å². The second-order valence-corrected chi connectivity index (χ2v) is 7.49. The van der Waals surface area contributed by atoms with E-state index >= 15 is 0 Å². The molecule has 2 aromatic carbocycles. The summed E-state index contributed by atoms with van der Waals surface area (Å²) in [6, 6.07) is 16.1. The maximum absolute atomic E-state index is 11.9. The van der Waals surface area contributed by atoms with Gasteiger partial charge in [0.2, 0.25) is 0 Å². The third-order valence-electron chi connectivity index (χ3n) is 4.26. The van der Waals surface area contributed by atoms with Crippen molar-refractivity contribution in [3.8, 4) is 39.8 Å². The second-order valence-electron chi connectivity index (χ2n) is 5.87. The number of pyridine rings is 1. The first-order valence-electron chi connectivity index (χ1n) is 7.86. The highest BCUT2D eigenvalue weighted by atomic mass is 35.5. The van der Waals surface area contributed by atoms with Gasteiger partial charge in [0.15, 0.2) is 5.56 Å². The van der Waals surface area contributed by atoms with Gasteiger partial charge in [-0.1, -0.05) is 48.0 Å². The number of hydrogen-bond acceptors (Lipinski definition) is 5. The number of nitrogens with one attached hydrogen (secondary N) is 1. The Labute approximate surface area is 162 Å². The molecule has 0 atom stereocenters. The van der Waals surface area contributed by atoms with Crippen molar-refractivity contribution in [2.75, 3.05) is 0 Å². The molecule has 0 aliphatic heterocycles. The van der Waals surface area contributed by atoms with Crippen LogP contribution in [0.1, 0.15) is 5.56 Å². The summed E-state index contributed by atoms with van der Waals surface area (Å²) in [5.74, 6) is -0.187. The van der Waals surface area contributed by atoms with Gasteiger partial charge in [-0.2, -0.15) is 5.26 Å². The van der Waals surface area contributed by atoms with Gasteiger partial charge in [-0.15, -0.1) is 11.3 Å². The predicted octanol–water partition coefficient (Wildman–Crippen LogP) is 4.86. The van der Waals surface area contributed by atoms with Crippen molar-refractivity contribution in [1.82, 2.24) is 4.98 Å². The molecule has 0 bridgehead atoms. The number of phenolic OH excluding ortho intramolecular Hbond substituents is 1. The van der Waals surface area contributed by atoms with E-state index in [2.05, 4.69) is 4.98 Å². The van der Waals surface area contributed by atoms with Crippen molar-refractivity contribution in [2.45, 2.75) is 0 Å². The van der Waals surface area contributed by atoms with Crippen LogP contribution in [0.15, 0.2) is 53.3 Å². The minimum atomic E-state index is -0.647. The smallest absolute Gasteiger partial charge is 0.270 e. The average molecular weight is 395 g/mol. The van der Waals surface area contributed by atoms with Gasteiger partial charge in [0.05, 0.1) is 5.39 Å². The molecule has 132 valence electrons. The highest BCUT2D eigenvalue weighted by Gasteiger charge is 2.21. The fourth-order valence-electron chi connectivity index (χ4n) is 2.99. The molecule has 4 aromatic rings. The molecule has 2 aromatic heterocycles. The number of aromatic nitrogens is 1. The summed E-state index contributed by atoms with van der Waals surface area (Å²) in [6.07, 6.45) is 0. The van der Waals surface area contributed by atoms with Crippen LogP contribution in [0, 0.1) is 11.3 Å². The van der Waals surface area contributed by atoms with Crippen molar-refractivity contribution in [3.05, 3.63) is 68.8 Å². The molecular formula is C20H11ClN2O3S. The van der Waals surface area contributed by atoms with Crippen molar-refractivity contribution in [1.29, 1.82) is 5.26 Å². The number of rotatable bonds is 2. The number of hydrogen-bond donors (Lipinski definition) is 3. The standard InChI is InChI=1S/C20H11ClN2O3S/c21-18-15(16-17(25)14(9-22)19(26)23-20(16)27-18)11-6-4-10(5-7-11)12-2-1-3-13(24)8-12/h1-8,24H,(H2,23,25,26). The Balaban J connectivity index is 1.89. The SMILES string of the molecule is N#Cc1c(O)c2c(-c3ccc(-c4cccc(O)c4)cc3)c(Cl)sc2[nH]c1=O. The Morgan fingerprint density at radius 3 is 2.41 bits per heavy atom. The minimum absolute atomic E-state index is 0.182. The summed E-state index contributed by atoms with van der Waals surface area (Å²) >= 11 is 7.50. The number of nitrogens with zero attached hydrogens (tertiary/aromatic N) is 1. The van der Waals surface area contributed by atoms with Gasteiger partial charge in [0.25, 0.3) is 5.56 Å². The van der Waals surface area contributed by atoms with Crippen LogP contribution >= 0.6 is 22.9 Å². The van der Waals surface area contributed by atoms with Crippen LogP contribution in [0.4, 0.5) is 0 Å². The van der Waals surface area contributed by atoms with E-state index in [-0.39, 0.29) is 17.1 Å². The Hall–Kier alpha value is -3.27. The van der Waals surface area contributed by atoms with Crippen LogP contribution in [0.5, 0.6) is 11.5 Å². The number of nitriles is 1. The molecule has 0 aliphatic rings. The average Bonchev–Trinajstić information content (AvgIpc) is 2.98. The fraction of sp³-hybridized carbons (Fsp3) is 0. The summed E-state index contributed by atoms with van der Waals surface area (Å²) in [5.41, 5.74) is 2.08. The summed E-state index contributed by atoms with van der Waals surface area (Å²) < 4.78 is 0.399. The third kappa shape index (κ3) is 2.83. The summed E-state index contributed by atoms with van der Waals surface area (Å²) in [4.78, 5) is 14.9. The van der Waals surface area contributed by atoms with Crippen molar-refractivity contribution >= 4 is 33.2 Å². The number of phenols is 1. The summed E-state index contributed by atoms with van der Waals surface area (Å²) in [6.45, 7) is 0. The highest BCUT2D eigenvalue weighted by Crippen LogP contribution is 2.45. The largest absolute Gasteiger partial charge is 0.508 e. The van der Waals surface area contributed by atoms with E-state index in [1.165, 1.54) is 0 Å². The molecule has 0 fully saturated rings. The first-order valence-corrected chi connectivity index (χ1v) is 9.06. The number of aromatic hydroxyl groups is 2. The number of benzene rings is 2. The zero-order valence-electron chi connectivity index (χ0n) is 13.7. The maximum atomic E-state index is 11.9. The zero-order chi connectivity index (χ0) is 19.1. The molecule has 0 saturated heterocycles. The minimum Gasteiger partial charge on any atom is -0.508 e. The molecule has 0 unspecified atom stereocenters. The lowest BCUT2D eigenvalue weighted by atomic mass is 9.99. The lowest BCUT2D eigenvalue weighted by Gasteiger charge is -2.06. The van der Waals surface area contributed by atoms with Crippen molar-refractivity contribution in [2.24, 2.45) is 0 Å². The Morgan fingerprint density at radius 1 is 1.04 bits per heavy atom. The van der Waals surface area contributed by atoms with Gasteiger partial charge in [0, 0.05) is 5.56 Å². The number of thiophene rings is 1. The van der Waals surface area contributed by atoms with Crippen LogP contribution in [0.3, 0.4) is 0 Å². The molecule has 4 rings (SSSR count). The molecule has 5 nitrogen and oxygen atoms in total. The van der Waals surface area contributed by atoms with Crippen LogP contribution < -0.4 is 5.56 Å². The second kappa shape index (κ2) is 6.47. The molecule has 0 spiro atoms. The summed E-state index contributed by atoms with van der Waals surface area (Å²) in [5, 5.41) is 29.5. The molecule has 2 heterocycles. The van der Waals surface area contributed by atoms with Crippen molar-refractivity contribution in [3.63, 3.8) is 0 Å². The predicted molar refractivity (Wildman–Crippen MR) is 106 cm³/mol. The first kappa shape index (κ1) is 17.2. The van der Waals surface area contributed by atoms with E-state index in [0.717, 1.165) is 28.0 Å². The highest BCUT2D eigenvalue weighted by molar-refractivity contribution is 7.23. The van der Waals surface area contributed by atoms with E-state index in [1.54, 1.807) is 24.3 Å². The van der Waals surface area contributed by atoms with E-state index < -0.39 is 5.56 Å². The molecule has 7 heteroatoms. The fourth-order valence-corrected chi connectivity index (χ4v) is 4.37. The molecule has 27 heavy (non-hydrogen) atoms. The van der Waals surface area contributed by atoms with Crippen LogP contribution in [0.25, 0.3) is 32.5 Å². The van der Waals surface area contributed by atoms with E-state index in [4.69, 9.17) is 16.9 Å². The van der Waals surface area contributed by atoms with Gasteiger partial charge >= 0.3 is 0 Å². The molecular weight excluding hydrogens is 384 g/mol. The van der Waals surface area contributed by atoms with Crippen molar-refractivity contribution < 1.29 is 10.2 Å². The Bertz CT molecular complexity index is 1280. The number of fused-ring (bicyclic) bond motifs is 1. The zero-order valence-corrected chi connectivity index (χ0v) is 15.2. The van der Waals surface area contributed by atoms with E-state index in [9.17, 15) is 15.0 Å². The maximum Gasteiger partial charge on any atom is 0.270 e. The topological polar surface area (TPSA) is 97.1 Å². The van der Waals surface area contributed by atoms with E-state index in [0.29, 0.717) is 20.1 Å². The molecule has 3 N–H and O–H groups in total. The van der Waals surface area contributed by atoms with Crippen LogP contribution in [-0.4, -0.2) is 15.2 Å². The lowest BCUT2D eigenvalue weighted by Crippen LogP contribution is -2.09. The van der Waals surface area contributed by atoms with Gasteiger partial charge in [-0.05, 0) is 28.8 Å². The molecule has 0 saturated carbocycles. The monoisotopic (exact) mass is 394 g/mol. The number of halogens is 1. The van der Waals surface area contributed by atoms with Gasteiger partial charge in [-0.3, -0.25) is 4.79 Å². The normalized spacial score (nSPS) is 10.8. The Kier molecular flexibility index (Phi) is 4.11. The third-order valence-corrected chi connectivity index (χ3v) is 5.57. The first-order chi connectivity index (χ1) is 13.0. The van der Waals surface area contributed by atoms with Gasteiger partial charge in [0.1, 0.15) is 26.7 Å². The lowest BCUT2D eigenvalue weighted by molar-refractivity contribution is 0.475. The van der Waals surface area contributed by atoms with Gasteiger partial charge in [-0.25, -0.2) is 0 Å². The molecule has 0 radical (unpaired) electrons. The molecule has 0 amide bonds. The van der Waals surface area contributed by atoms with E-state index in [1.807, 2.05) is 30.3 Å². The quantitative estimate of drug-likeness (QED) is 0.452. The summed E-state index contributed by atoms with van der Waals surface area (Å²) in [7, 11) is 0. The molecule has 0 aliphatic carbocycles. The number of H-pyrrole nitrogens is 1. The number of aromatic amines is 1. The van der Waals surface area contributed by atoms with Gasteiger partial charge < -0.3 is 15.2 Å². The van der Waals surface area contributed by atoms with Crippen LogP contribution in [0.2, 0.25) is 4.34 Å². The Morgan fingerprint density at radius 2 is 1.74 bits per heavy atom.